The van der Waals surface area contributed by atoms with E-state index in [1.54, 1.807) is 26.0 Å². The van der Waals surface area contributed by atoms with E-state index in [1.807, 2.05) is 24.3 Å². The predicted octanol–water partition coefficient (Wildman–Crippen LogP) is 4.56. The van der Waals surface area contributed by atoms with Crippen molar-refractivity contribution in [2.45, 2.75) is 25.3 Å². The van der Waals surface area contributed by atoms with Crippen LogP contribution < -0.4 is 9.47 Å². The van der Waals surface area contributed by atoms with Gasteiger partial charge in [-0.1, -0.05) is 24.3 Å². The van der Waals surface area contributed by atoms with Gasteiger partial charge < -0.3 is 9.47 Å². The van der Waals surface area contributed by atoms with Crippen LogP contribution in [-0.2, 0) is 0 Å². The number of fused-ring (bicyclic) bond motifs is 1. The fourth-order valence-corrected chi connectivity index (χ4v) is 2.78. The molecule has 3 rings (SSSR count). The number of aryl methyl sites for hydroxylation is 2. The summed E-state index contributed by atoms with van der Waals surface area (Å²) in [7, 11) is 0. The van der Waals surface area contributed by atoms with Crippen molar-refractivity contribution in [1.29, 1.82) is 0 Å². The molecule has 0 bridgehead atoms. The highest BCUT2D eigenvalue weighted by molar-refractivity contribution is 6.21. The van der Waals surface area contributed by atoms with Crippen molar-refractivity contribution < 1.29 is 13.9 Å². The molecule has 2 atom stereocenters. The van der Waals surface area contributed by atoms with Gasteiger partial charge in [0.05, 0.1) is 5.38 Å². The Balaban J connectivity index is 1.85. The maximum atomic E-state index is 13.7. The molecular weight excluding hydrogens is 291 g/mol. The van der Waals surface area contributed by atoms with Crippen molar-refractivity contribution >= 4 is 11.6 Å². The molecule has 0 aromatic heterocycles. The molecule has 2 unspecified atom stereocenters. The van der Waals surface area contributed by atoms with Gasteiger partial charge >= 0.3 is 0 Å². The number of para-hydroxylation sites is 2. The van der Waals surface area contributed by atoms with E-state index in [-0.39, 0.29) is 11.9 Å². The molecule has 0 aliphatic carbocycles. The first-order valence-corrected chi connectivity index (χ1v) is 7.29. The van der Waals surface area contributed by atoms with Crippen LogP contribution in [0.4, 0.5) is 4.39 Å². The van der Waals surface area contributed by atoms with Gasteiger partial charge in [-0.05, 0) is 42.7 Å². The van der Waals surface area contributed by atoms with Crippen molar-refractivity contribution in [1.82, 2.24) is 0 Å². The molecule has 21 heavy (non-hydrogen) atoms. The maximum absolute atomic E-state index is 13.7. The number of benzene rings is 2. The highest BCUT2D eigenvalue weighted by Crippen LogP contribution is 2.37. The third kappa shape index (κ3) is 2.70. The number of halogens is 2. The Kier molecular flexibility index (Phi) is 3.77. The van der Waals surface area contributed by atoms with E-state index in [4.69, 9.17) is 21.1 Å². The summed E-state index contributed by atoms with van der Waals surface area (Å²) in [6, 6.07) is 11.0. The Morgan fingerprint density at radius 3 is 2.43 bits per heavy atom. The molecule has 0 saturated heterocycles. The average molecular weight is 307 g/mol. The normalized spacial score (nSPS) is 18.4. The summed E-state index contributed by atoms with van der Waals surface area (Å²) in [5.41, 5.74) is 2.03. The molecule has 0 spiro atoms. The van der Waals surface area contributed by atoms with Crippen molar-refractivity contribution in [2.24, 2.45) is 0 Å². The van der Waals surface area contributed by atoms with Crippen LogP contribution in [0.2, 0.25) is 0 Å². The van der Waals surface area contributed by atoms with Crippen LogP contribution in [0.1, 0.15) is 22.1 Å². The highest BCUT2D eigenvalue weighted by Gasteiger charge is 2.29. The molecular formula is C17H16ClFO2. The minimum atomic E-state index is -0.392. The molecule has 0 saturated carbocycles. The van der Waals surface area contributed by atoms with Crippen LogP contribution in [0.15, 0.2) is 36.4 Å². The second kappa shape index (κ2) is 5.57. The van der Waals surface area contributed by atoms with Gasteiger partial charge in [0, 0.05) is 0 Å². The first kappa shape index (κ1) is 14.2. The topological polar surface area (TPSA) is 18.5 Å². The van der Waals surface area contributed by atoms with Gasteiger partial charge in [0.1, 0.15) is 12.4 Å². The van der Waals surface area contributed by atoms with Crippen molar-refractivity contribution in [3.63, 3.8) is 0 Å². The second-order valence-corrected chi connectivity index (χ2v) is 5.75. The predicted molar refractivity (Wildman–Crippen MR) is 80.8 cm³/mol. The molecule has 0 amide bonds. The van der Waals surface area contributed by atoms with E-state index >= 15 is 0 Å². The SMILES string of the molecule is Cc1cc(C(Cl)C2COc3ccccc3O2)cc(C)c1F. The minimum Gasteiger partial charge on any atom is -0.486 e. The van der Waals surface area contributed by atoms with E-state index < -0.39 is 5.38 Å². The number of alkyl halides is 1. The van der Waals surface area contributed by atoms with Gasteiger partial charge in [0.25, 0.3) is 0 Å². The lowest BCUT2D eigenvalue weighted by atomic mass is 10.0. The summed E-state index contributed by atoms with van der Waals surface area (Å²) in [5.74, 6) is 1.23. The monoisotopic (exact) mass is 306 g/mol. The standard InChI is InChI=1S/C17H16ClFO2/c1-10-7-12(8-11(2)17(10)19)16(18)15-9-20-13-5-3-4-6-14(13)21-15/h3-8,15-16H,9H2,1-2H3. The first-order chi connectivity index (χ1) is 10.1. The number of hydrogen-bond acceptors (Lipinski definition) is 2. The summed E-state index contributed by atoms with van der Waals surface area (Å²) in [4.78, 5) is 0. The molecule has 0 N–H and O–H groups in total. The molecule has 2 nitrogen and oxygen atoms in total. The molecule has 2 aromatic carbocycles. The number of hydrogen-bond donors (Lipinski definition) is 0. The summed E-state index contributed by atoms with van der Waals surface area (Å²) < 4.78 is 25.3. The van der Waals surface area contributed by atoms with Gasteiger partial charge in [-0.25, -0.2) is 4.39 Å². The van der Waals surface area contributed by atoms with Crippen molar-refractivity contribution in [3.8, 4) is 11.5 Å². The van der Waals surface area contributed by atoms with Crippen LogP contribution in [0.3, 0.4) is 0 Å². The molecule has 0 fully saturated rings. The minimum absolute atomic E-state index is 0.186. The number of rotatable bonds is 2. The summed E-state index contributed by atoms with van der Waals surface area (Å²) in [6.45, 7) is 3.85. The van der Waals surface area contributed by atoms with Gasteiger partial charge in [0.15, 0.2) is 17.6 Å². The number of ether oxygens (including phenoxy) is 2. The van der Waals surface area contributed by atoms with Crippen LogP contribution in [0, 0.1) is 19.7 Å². The summed E-state index contributed by atoms with van der Waals surface area (Å²) in [6.07, 6.45) is -0.300. The molecule has 4 heteroatoms. The Hall–Kier alpha value is -1.74. The van der Waals surface area contributed by atoms with Crippen molar-refractivity contribution in [3.05, 3.63) is 58.9 Å². The molecule has 1 aliphatic heterocycles. The van der Waals surface area contributed by atoms with Gasteiger partial charge in [-0.2, -0.15) is 0 Å². The van der Waals surface area contributed by atoms with Crippen LogP contribution in [0.5, 0.6) is 11.5 Å². The Labute approximate surface area is 128 Å². The lowest BCUT2D eigenvalue weighted by molar-refractivity contribution is 0.0877. The molecule has 2 aromatic rings. The van der Waals surface area contributed by atoms with E-state index in [0.717, 1.165) is 11.3 Å². The quantitative estimate of drug-likeness (QED) is 0.757. The lowest BCUT2D eigenvalue weighted by Gasteiger charge is -2.29. The van der Waals surface area contributed by atoms with Crippen LogP contribution in [-0.4, -0.2) is 12.7 Å². The largest absolute Gasteiger partial charge is 0.486 e. The fourth-order valence-electron chi connectivity index (χ4n) is 2.53. The van der Waals surface area contributed by atoms with Crippen molar-refractivity contribution in [2.75, 3.05) is 6.61 Å². The van der Waals surface area contributed by atoms with Crippen LogP contribution >= 0.6 is 11.6 Å². The van der Waals surface area contributed by atoms with E-state index in [9.17, 15) is 4.39 Å². The zero-order valence-electron chi connectivity index (χ0n) is 11.9. The van der Waals surface area contributed by atoms with Gasteiger partial charge in [0.2, 0.25) is 0 Å². The molecule has 110 valence electrons. The summed E-state index contributed by atoms with van der Waals surface area (Å²) >= 11 is 6.52. The molecule has 1 heterocycles. The van der Waals surface area contributed by atoms with Gasteiger partial charge in [-0.3, -0.25) is 0 Å². The fraction of sp³-hybridized carbons (Fsp3) is 0.294. The zero-order chi connectivity index (χ0) is 15.0. The summed E-state index contributed by atoms with van der Waals surface area (Å²) in [5, 5.41) is -0.392. The Bertz CT molecular complexity index is 649. The zero-order valence-corrected chi connectivity index (χ0v) is 12.7. The van der Waals surface area contributed by atoms with Crippen LogP contribution in [0.25, 0.3) is 0 Å². The maximum Gasteiger partial charge on any atom is 0.161 e. The third-order valence-electron chi connectivity index (χ3n) is 3.63. The molecule has 1 aliphatic rings. The highest BCUT2D eigenvalue weighted by atomic mass is 35.5. The Morgan fingerprint density at radius 2 is 1.76 bits per heavy atom. The van der Waals surface area contributed by atoms with Gasteiger partial charge in [-0.15, -0.1) is 11.6 Å². The van der Waals surface area contributed by atoms with E-state index in [2.05, 4.69) is 0 Å². The van der Waals surface area contributed by atoms with E-state index in [1.165, 1.54) is 0 Å². The Morgan fingerprint density at radius 1 is 1.14 bits per heavy atom. The van der Waals surface area contributed by atoms with E-state index in [0.29, 0.717) is 23.5 Å². The first-order valence-electron chi connectivity index (χ1n) is 6.85. The third-order valence-corrected chi connectivity index (χ3v) is 4.17. The second-order valence-electron chi connectivity index (χ2n) is 5.28. The smallest absolute Gasteiger partial charge is 0.161 e. The molecule has 0 radical (unpaired) electrons. The lowest BCUT2D eigenvalue weighted by Crippen LogP contribution is -2.32. The average Bonchev–Trinajstić information content (AvgIpc) is 2.51.